The number of rotatable bonds is 3. The normalized spacial score (nSPS) is 17.8. The quantitative estimate of drug-likeness (QED) is 0.630. The summed E-state index contributed by atoms with van der Waals surface area (Å²) >= 11 is 3.26. The predicted molar refractivity (Wildman–Crippen MR) is 74.9 cm³/mol. The standard InChI is InChI=1S/C14H16BrNO3/c1-19-14(18)12-8-10-4-2-3-5-11(10)9-16(12)13(17)6-7-15/h2-5,12H,6-9H2,1H3. The molecule has 0 fully saturated rings. The number of esters is 1. The van der Waals surface area contributed by atoms with Crippen LogP contribution >= 0.6 is 15.9 Å². The van der Waals surface area contributed by atoms with E-state index >= 15 is 0 Å². The molecule has 4 nitrogen and oxygen atoms in total. The first-order valence-electron chi connectivity index (χ1n) is 6.17. The molecule has 0 aliphatic carbocycles. The van der Waals surface area contributed by atoms with Crippen LogP contribution in [0.25, 0.3) is 0 Å². The lowest BCUT2D eigenvalue weighted by Gasteiger charge is -2.35. The highest BCUT2D eigenvalue weighted by molar-refractivity contribution is 9.09. The van der Waals surface area contributed by atoms with Gasteiger partial charge in [0.15, 0.2) is 0 Å². The van der Waals surface area contributed by atoms with E-state index < -0.39 is 6.04 Å². The van der Waals surface area contributed by atoms with Gasteiger partial charge in [-0.15, -0.1) is 0 Å². The Morgan fingerprint density at radius 2 is 2.05 bits per heavy atom. The Labute approximate surface area is 120 Å². The van der Waals surface area contributed by atoms with Crippen LogP contribution in [-0.4, -0.2) is 35.3 Å². The largest absolute Gasteiger partial charge is 0.467 e. The topological polar surface area (TPSA) is 46.6 Å². The number of hydrogen-bond acceptors (Lipinski definition) is 3. The van der Waals surface area contributed by atoms with Crippen LogP contribution in [0.4, 0.5) is 0 Å². The van der Waals surface area contributed by atoms with Gasteiger partial charge in [0.05, 0.1) is 7.11 Å². The highest BCUT2D eigenvalue weighted by Crippen LogP contribution is 2.24. The number of benzene rings is 1. The summed E-state index contributed by atoms with van der Waals surface area (Å²) in [5.74, 6) is -0.376. The van der Waals surface area contributed by atoms with Crippen LogP contribution in [0, 0.1) is 0 Å². The summed E-state index contributed by atoms with van der Waals surface area (Å²) in [6.07, 6.45) is 0.909. The van der Waals surface area contributed by atoms with E-state index in [1.165, 1.54) is 7.11 Å². The second kappa shape index (κ2) is 6.19. The molecule has 1 aliphatic heterocycles. The summed E-state index contributed by atoms with van der Waals surface area (Å²) in [5, 5.41) is 0.595. The second-order valence-electron chi connectivity index (χ2n) is 4.47. The maximum absolute atomic E-state index is 12.1. The van der Waals surface area contributed by atoms with Crippen LogP contribution in [0.2, 0.25) is 0 Å². The molecule has 0 aromatic heterocycles. The molecule has 19 heavy (non-hydrogen) atoms. The third-order valence-corrected chi connectivity index (χ3v) is 3.75. The Morgan fingerprint density at radius 1 is 1.37 bits per heavy atom. The maximum Gasteiger partial charge on any atom is 0.328 e. The van der Waals surface area contributed by atoms with Crippen molar-refractivity contribution in [3.05, 3.63) is 35.4 Å². The van der Waals surface area contributed by atoms with Crippen molar-refractivity contribution in [2.45, 2.75) is 25.4 Å². The van der Waals surface area contributed by atoms with Crippen molar-refractivity contribution in [1.82, 2.24) is 4.90 Å². The minimum Gasteiger partial charge on any atom is -0.467 e. The zero-order chi connectivity index (χ0) is 13.8. The number of alkyl halides is 1. The molecule has 1 atom stereocenters. The number of carbonyl (C=O) groups is 2. The molecule has 2 rings (SSSR count). The molecule has 1 heterocycles. The molecule has 0 saturated carbocycles. The van der Waals surface area contributed by atoms with Gasteiger partial charge in [0, 0.05) is 24.7 Å². The van der Waals surface area contributed by atoms with E-state index in [2.05, 4.69) is 15.9 Å². The average molecular weight is 326 g/mol. The molecule has 1 unspecified atom stereocenters. The fourth-order valence-corrected chi connectivity index (χ4v) is 2.70. The summed E-state index contributed by atoms with van der Waals surface area (Å²) in [4.78, 5) is 25.6. The molecular formula is C14H16BrNO3. The smallest absolute Gasteiger partial charge is 0.328 e. The number of methoxy groups -OCH3 is 1. The number of nitrogens with zero attached hydrogens (tertiary/aromatic N) is 1. The van der Waals surface area contributed by atoms with Crippen LogP contribution in [0.15, 0.2) is 24.3 Å². The molecule has 0 radical (unpaired) electrons. The van der Waals surface area contributed by atoms with Crippen LogP contribution in [0.5, 0.6) is 0 Å². The molecule has 0 N–H and O–H groups in total. The predicted octanol–water partition coefficient (Wildman–Crippen LogP) is 1.90. The Hall–Kier alpha value is -1.36. The summed E-state index contributed by atoms with van der Waals surface area (Å²) < 4.78 is 4.82. The van der Waals surface area contributed by atoms with E-state index in [-0.39, 0.29) is 11.9 Å². The van der Waals surface area contributed by atoms with Gasteiger partial charge in [0.25, 0.3) is 0 Å². The van der Waals surface area contributed by atoms with E-state index in [9.17, 15) is 9.59 Å². The highest BCUT2D eigenvalue weighted by Gasteiger charge is 2.34. The molecule has 5 heteroatoms. The van der Waals surface area contributed by atoms with E-state index in [0.29, 0.717) is 24.7 Å². The van der Waals surface area contributed by atoms with Gasteiger partial charge in [-0.2, -0.15) is 0 Å². The Balaban J connectivity index is 2.29. The molecule has 0 saturated heterocycles. The van der Waals surface area contributed by atoms with Crippen molar-refractivity contribution in [3.63, 3.8) is 0 Å². The summed E-state index contributed by atoms with van der Waals surface area (Å²) in [5.41, 5.74) is 2.21. The van der Waals surface area contributed by atoms with Gasteiger partial charge in [-0.05, 0) is 11.1 Å². The van der Waals surface area contributed by atoms with Gasteiger partial charge in [-0.1, -0.05) is 40.2 Å². The van der Waals surface area contributed by atoms with Crippen molar-refractivity contribution in [2.24, 2.45) is 0 Å². The van der Waals surface area contributed by atoms with Gasteiger partial charge in [0.1, 0.15) is 6.04 Å². The lowest BCUT2D eigenvalue weighted by Crippen LogP contribution is -2.49. The number of halogens is 1. The first-order valence-corrected chi connectivity index (χ1v) is 7.29. The first kappa shape index (κ1) is 14.1. The van der Waals surface area contributed by atoms with Gasteiger partial charge in [-0.25, -0.2) is 4.79 Å². The average Bonchev–Trinajstić information content (AvgIpc) is 2.45. The third-order valence-electron chi connectivity index (χ3n) is 3.35. The zero-order valence-corrected chi connectivity index (χ0v) is 12.4. The molecule has 1 amide bonds. The van der Waals surface area contributed by atoms with Crippen LogP contribution in [-0.2, 0) is 27.3 Å². The monoisotopic (exact) mass is 325 g/mol. The summed E-state index contributed by atoms with van der Waals surface area (Å²) in [6.45, 7) is 0.474. The zero-order valence-electron chi connectivity index (χ0n) is 10.8. The molecule has 1 aromatic rings. The fraction of sp³-hybridized carbons (Fsp3) is 0.429. The van der Waals surface area contributed by atoms with Crippen LogP contribution in [0.3, 0.4) is 0 Å². The summed E-state index contributed by atoms with van der Waals surface area (Å²) in [6, 6.07) is 7.38. The number of amides is 1. The maximum atomic E-state index is 12.1. The molecule has 0 spiro atoms. The van der Waals surface area contributed by atoms with Gasteiger partial charge < -0.3 is 9.64 Å². The van der Waals surface area contributed by atoms with E-state index in [1.54, 1.807) is 4.90 Å². The first-order chi connectivity index (χ1) is 9.17. The number of fused-ring (bicyclic) bond motifs is 1. The fourth-order valence-electron chi connectivity index (χ4n) is 2.36. The van der Waals surface area contributed by atoms with Crippen LogP contribution < -0.4 is 0 Å². The molecule has 1 aliphatic rings. The SMILES string of the molecule is COC(=O)C1Cc2ccccc2CN1C(=O)CCBr. The Kier molecular flexibility index (Phi) is 4.58. The lowest BCUT2D eigenvalue weighted by atomic mass is 9.93. The van der Waals surface area contributed by atoms with Crippen molar-refractivity contribution in [2.75, 3.05) is 12.4 Å². The molecule has 1 aromatic carbocycles. The molecular weight excluding hydrogens is 310 g/mol. The second-order valence-corrected chi connectivity index (χ2v) is 5.27. The van der Waals surface area contributed by atoms with E-state index in [4.69, 9.17) is 4.74 Å². The van der Waals surface area contributed by atoms with Crippen molar-refractivity contribution in [1.29, 1.82) is 0 Å². The minimum atomic E-state index is -0.508. The summed E-state index contributed by atoms with van der Waals surface area (Å²) in [7, 11) is 1.36. The number of carbonyl (C=O) groups excluding carboxylic acids is 2. The van der Waals surface area contributed by atoms with Crippen molar-refractivity contribution >= 4 is 27.8 Å². The number of ether oxygens (including phenoxy) is 1. The van der Waals surface area contributed by atoms with E-state index in [0.717, 1.165) is 11.1 Å². The van der Waals surface area contributed by atoms with Crippen molar-refractivity contribution in [3.8, 4) is 0 Å². The Bertz CT molecular complexity index is 489. The van der Waals surface area contributed by atoms with Gasteiger partial charge >= 0.3 is 5.97 Å². The van der Waals surface area contributed by atoms with E-state index in [1.807, 2.05) is 24.3 Å². The Morgan fingerprint density at radius 3 is 2.68 bits per heavy atom. The molecule has 0 bridgehead atoms. The van der Waals surface area contributed by atoms with Crippen molar-refractivity contribution < 1.29 is 14.3 Å². The minimum absolute atomic E-state index is 0.0261. The van der Waals surface area contributed by atoms with Gasteiger partial charge in [0.2, 0.25) is 5.91 Å². The van der Waals surface area contributed by atoms with Crippen LogP contribution in [0.1, 0.15) is 17.5 Å². The molecule has 102 valence electrons. The highest BCUT2D eigenvalue weighted by atomic mass is 79.9. The third kappa shape index (κ3) is 2.97. The van der Waals surface area contributed by atoms with Gasteiger partial charge in [-0.3, -0.25) is 4.79 Å². The number of hydrogen-bond donors (Lipinski definition) is 0. The lowest BCUT2D eigenvalue weighted by molar-refractivity contribution is -0.153.